The maximum absolute atomic E-state index is 13.4. The maximum Gasteiger partial charge on any atom is 0.289 e. The topological polar surface area (TPSA) is 122 Å². The van der Waals surface area contributed by atoms with Crippen LogP contribution in [0.1, 0.15) is 60.1 Å². The molecule has 0 saturated heterocycles. The van der Waals surface area contributed by atoms with Crippen LogP contribution < -0.4 is 5.32 Å². The molecule has 0 bridgehead atoms. The number of nitrogens with zero attached hydrogens (tertiary/aromatic N) is 4. The summed E-state index contributed by atoms with van der Waals surface area (Å²) < 4.78 is 5.94. The van der Waals surface area contributed by atoms with Gasteiger partial charge in [0.1, 0.15) is 23.0 Å². The zero-order valence-corrected chi connectivity index (χ0v) is 19.5. The van der Waals surface area contributed by atoms with Crippen LogP contribution in [0.4, 0.5) is 0 Å². The largest absolute Gasteiger partial charge is 0.458 e. The number of fused-ring (bicyclic) bond motifs is 2. The van der Waals surface area contributed by atoms with E-state index in [0.29, 0.717) is 46.8 Å². The first kappa shape index (κ1) is 22.6. The van der Waals surface area contributed by atoms with Gasteiger partial charge in [0.15, 0.2) is 5.82 Å². The average molecular weight is 467 g/mol. The number of rotatable bonds is 6. The number of benzene rings is 2. The first-order chi connectivity index (χ1) is 17.1. The molecule has 2 N–H and O–H groups in total. The number of aromatic nitrogens is 2. The molecule has 0 spiro atoms. The Morgan fingerprint density at radius 1 is 1.23 bits per heavy atom. The van der Waals surface area contributed by atoms with E-state index in [-0.39, 0.29) is 18.0 Å². The van der Waals surface area contributed by atoms with Gasteiger partial charge in [0.2, 0.25) is 0 Å². The Bertz CT molecular complexity index is 1470. The molecule has 1 aliphatic carbocycles. The third-order valence-corrected chi connectivity index (χ3v) is 6.83. The van der Waals surface area contributed by atoms with Crippen LogP contribution >= 0.6 is 0 Å². The highest BCUT2D eigenvalue weighted by molar-refractivity contribution is 5.94. The lowest BCUT2D eigenvalue weighted by Gasteiger charge is -2.37. The number of amides is 1. The van der Waals surface area contributed by atoms with Crippen molar-refractivity contribution >= 4 is 27.9 Å². The zero-order valence-electron chi connectivity index (χ0n) is 19.5. The van der Waals surface area contributed by atoms with Crippen LogP contribution in [0.2, 0.25) is 0 Å². The van der Waals surface area contributed by atoms with E-state index in [9.17, 15) is 10.1 Å². The highest BCUT2D eigenvalue weighted by atomic mass is 16.3. The van der Waals surface area contributed by atoms with E-state index in [1.807, 2.05) is 36.1 Å². The van der Waals surface area contributed by atoms with Crippen molar-refractivity contribution in [1.29, 1.82) is 10.5 Å². The first-order valence-corrected chi connectivity index (χ1v) is 12.0. The molecule has 5 rings (SSSR count). The van der Waals surface area contributed by atoms with Gasteiger partial charge in [-0.2, -0.15) is 10.5 Å². The van der Waals surface area contributed by atoms with Gasteiger partial charge in [0.05, 0.1) is 29.2 Å². The summed E-state index contributed by atoms with van der Waals surface area (Å²) in [4.78, 5) is 22.8. The van der Waals surface area contributed by atoms with E-state index in [2.05, 4.69) is 27.4 Å². The lowest BCUT2D eigenvalue weighted by molar-refractivity contribution is 0.0616. The van der Waals surface area contributed by atoms with Crippen molar-refractivity contribution in [2.24, 2.45) is 0 Å². The second-order valence-corrected chi connectivity index (χ2v) is 8.93. The molecule has 1 amide bonds. The molecule has 2 aromatic heterocycles. The standard InChI is InChI=1S/C27H26N6O2/c1-2-33(27(34)26-31-22-11-10-17(14-28)12-23(22)32-26)19-7-5-6-18(13-19)30-16-25-21(15-29)20-8-3-4-9-24(20)35-25/h3-4,8-12,18-19,30H,2,5-7,13,16H2,1H3,(H,31,32). The Morgan fingerprint density at radius 2 is 2.09 bits per heavy atom. The zero-order chi connectivity index (χ0) is 24.4. The number of carbonyl (C=O) groups is 1. The summed E-state index contributed by atoms with van der Waals surface area (Å²) in [7, 11) is 0. The molecule has 1 saturated carbocycles. The van der Waals surface area contributed by atoms with Crippen LogP contribution in [0.25, 0.3) is 22.0 Å². The van der Waals surface area contributed by atoms with Crippen LogP contribution in [0.5, 0.6) is 0 Å². The van der Waals surface area contributed by atoms with Crippen LogP contribution in [0.15, 0.2) is 46.9 Å². The molecule has 2 unspecified atom stereocenters. The summed E-state index contributed by atoms with van der Waals surface area (Å²) in [6.45, 7) is 3.04. The first-order valence-electron chi connectivity index (χ1n) is 12.0. The molecule has 8 nitrogen and oxygen atoms in total. The molecule has 176 valence electrons. The van der Waals surface area contributed by atoms with Gasteiger partial charge in [-0.3, -0.25) is 4.79 Å². The fourth-order valence-corrected chi connectivity index (χ4v) is 5.10. The van der Waals surface area contributed by atoms with E-state index < -0.39 is 0 Å². The van der Waals surface area contributed by atoms with Crippen LogP contribution in [0, 0.1) is 22.7 Å². The van der Waals surface area contributed by atoms with E-state index in [4.69, 9.17) is 9.68 Å². The molecular formula is C27H26N6O2. The quantitative estimate of drug-likeness (QED) is 0.428. The minimum atomic E-state index is -0.128. The van der Waals surface area contributed by atoms with Gasteiger partial charge in [-0.15, -0.1) is 0 Å². The van der Waals surface area contributed by atoms with E-state index in [0.717, 1.165) is 36.7 Å². The molecule has 2 atom stereocenters. The molecule has 2 heterocycles. The van der Waals surface area contributed by atoms with Crippen LogP contribution in [0.3, 0.4) is 0 Å². The van der Waals surface area contributed by atoms with Gasteiger partial charge in [-0.05, 0) is 62.9 Å². The van der Waals surface area contributed by atoms with Crippen molar-refractivity contribution in [1.82, 2.24) is 20.2 Å². The van der Waals surface area contributed by atoms with Gasteiger partial charge >= 0.3 is 0 Å². The number of para-hydroxylation sites is 1. The maximum atomic E-state index is 13.4. The fourth-order valence-electron chi connectivity index (χ4n) is 5.10. The number of nitriles is 2. The van der Waals surface area contributed by atoms with Crippen molar-refractivity contribution in [2.75, 3.05) is 6.54 Å². The third-order valence-electron chi connectivity index (χ3n) is 6.83. The third kappa shape index (κ3) is 4.37. The highest BCUT2D eigenvalue weighted by Gasteiger charge is 2.31. The number of hydrogen-bond acceptors (Lipinski definition) is 6. The number of hydrogen-bond donors (Lipinski definition) is 2. The number of furan rings is 1. The Hall–Kier alpha value is -4.14. The van der Waals surface area contributed by atoms with Gasteiger partial charge in [0, 0.05) is 24.0 Å². The molecular weight excluding hydrogens is 440 g/mol. The van der Waals surface area contributed by atoms with E-state index >= 15 is 0 Å². The van der Waals surface area contributed by atoms with Gasteiger partial charge in [-0.25, -0.2) is 4.98 Å². The van der Waals surface area contributed by atoms with Gasteiger partial charge < -0.3 is 19.6 Å². The van der Waals surface area contributed by atoms with Gasteiger partial charge in [0.25, 0.3) is 5.91 Å². The van der Waals surface area contributed by atoms with Crippen LogP contribution in [-0.4, -0.2) is 39.4 Å². The second kappa shape index (κ2) is 9.61. The van der Waals surface area contributed by atoms with E-state index in [1.165, 1.54) is 0 Å². The SMILES string of the molecule is CCN(C(=O)c1nc2ccc(C#N)cc2[nH]1)C1CCCC(NCc2oc3ccccc3c2C#N)C1. The average Bonchev–Trinajstić information content (AvgIpc) is 3.48. The summed E-state index contributed by atoms with van der Waals surface area (Å²) >= 11 is 0. The predicted molar refractivity (Wildman–Crippen MR) is 131 cm³/mol. The summed E-state index contributed by atoms with van der Waals surface area (Å²) in [6.07, 6.45) is 3.76. The number of nitrogens with one attached hydrogen (secondary N) is 2. The minimum absolute atomic E-state index is 0.0905. The minimum Gasteiger partial charge on any atom is -0.458 e. The fraction of sp³-hybridized carbons (Fsp3) is 0.333. The Balaban J connectivity index is 1.28. The number of carbonyl (C=O) groups excluding carboxylic acids is 1. The molecule has 8 heteroatoms. The summed E-state index contributed by atoms with van der Waals surface area (Å²) in [6, 6.07) is 17.4. The predicted octanol–water partition coefficient (Wildman–Crippen LogP) is 4.62. The van der Waals surface area contributed by atoms with Crippen molar-refractivity contribution < 1.29 is 9.21 Å². The Labute approximate surface area is 203 Å². The van der Waals surface area contributed by atoms with E-state index in [1.54, 1.807) is 18.2 Å². The lowest BCUT2D eigenvalue weighted by Crippen LogP contribution is -2.47. The van der Waals surface area contributed by atoms with Crippen LogP contribution in [-0.2, 0) is 6.54 Å². The summed E-state index contributed by atoms with van der Waals surface area (Å²) in [5.41, 5.74) is 3.18. The van der Waals surface area contributed by atoms with Crippen molar-refractivity contribution in [3.8, 4) is 12.1 Å². The summed E-state index contributed by atoms with van der Waals surface area (Å²) in [5, 5.41) is 23.2. The smallest absolute Gasteiger partial charge is 0.289 e. The summed E-state index contributed by atoms with van der Waals surface area (Å²) in [5.74, 6) is 0.822. The monoisotopic (exact) mass is 466 g/mol. The molecule has 1 aliphatic rings. The molecule has 4 aromatic rings. The van der Waals surface area contributed by atoms with Crippen molar-refractivity contribution in [2.45, 2.75) is 51.2 Å². The lowest BCUT2D eigenvalue weighted by atomic mass is 9.89. The number of H-pyrrole nitrogens is 1. The normalized spacial score (nSPS) is 17.8. The second-order valence-electron chi connectivity index (χ2n) is 8.93. The molecule has 0 radical (unpaired) electrons. The molecule has 35 heavy (non-hydrogen) atoms. The number of imidazole rings is 1. The Kier molecular flexibility index (Phi) is 6.22. The molecule has 0 aliphatic heterocycles. The Morgan fingerprint density at radius 3 is 2.89 bits per heavy atom. The molecule has 1 fully saturated rings. The molecule has 2 aromatic carbocycles. The van der Waals surface area contributed by atoms with Gasteiger partial charge in [-0.1, -0.05) is 12.1 Å². The highest BCUT2D eigenvalue weighted by Crippen LogP contribution is 2.28. The number of aromatic amines is 1. The van der Waals surface area contributed by atoms with Crippen molar-refractivity contribution in [3.05, 3.63) is 65.2 Å². The van der Waals surface area contributed by atoms with Crippen molar-refractivity contribution in [3.63, 3.8) is 0 Å².